The lowest BCUT2D eigenvalue weighted by molar-refractivity contribution is -0.184. The number of furan rings is 1. The minimum absolute atomic E-state index is 0.0696. The molecule has 0 bridgehead atoms. The predicted molar refractivity (Wildman–Crippen MR) is 87.1 cm³/mol. The molecule has 1 spiro atoms. The summed E-state index contributed by atoms with van der Waals surface area (Å²) in [6, 6.07) is 2.03. The molecule has 5 rings (SSSR count). The van der Waals surface area contributed by atoms with Gasteiger partial charge in [0.15, 0.2) is 0 Å². The third-order valence-corrected chi connectivity index (χ3v) is 7.87. The molecular weight excluding hydrogens is 304 g/mol. The molecule has 6 atom stereocenters. The van der Waals surface area contributed by atoms with Crippen LogP contribution in [0.25, 0.3) is 0 Å². The molecule has 2 aliphatic heterocycles. The minimum Gasteiger partial charge on any atom is -0.472 e. The molecule has 24 heavy (non-hydrogen) atoms. The first-order chi connectivity index (χ1) is 11.6. The molecule has 0 radical (unpaired) electrons. The Hall–Kier alpha value is -1.29. The molecule has 2 saturated heterocycles. The second kappa shape index (κ2) is 5.10. The fourth-order valence-electron chi connectivity index (χ4n) is 6.61. The van der Waals surface area contributed by atoms with Crippen molar-refractivity contribution in [3.8, 4) is 0 Å². The summed E-state index contributed by atoms with van der Waals surface area (Å²) >= 11 is 0. The number of rotatable bonds is 1. The van der Waals surface area contributed by atoms with Crippen LogP contribution in [0.3, 0.4) is 0 Å². The molecule has 4 nitrogen and oxygen atoms in total. The van der Waals surface area contributed by atoms with Gasteiger partial charge in [0.2, 0.25) is 0 Å². The number of ether oxygens (including phenoxy) is 2. The van der Waals surface area contributed by atoms with E-state index in [9.17, 15) is 4.79 Å². The summed E-state index contributed by atoms with van der Waals surface area (Å²) < 4.78 is 17.1. The van der Waals surface area contributed by atoms with Crippen LogP contribution in [-0.4, -0.2) is 19.2 Å². The zero-order chi connectivity index (χ0) is 16.4. The molecule has 2 aliphatic carbocycles. The second-order valence-electron chi connectivity index (χ2n) is 8.70. The highest BCUT2D eigenvalue weighted by Crippen LogP contribution is 2.67. The summed E-state index contributed by atoms with van der Waals surface area (Å²) in [5.41, 5.74) is 1.48. The first-order valence-electron chi connectivity index (χ1n) is 9.44. The van der Waals surface area contributed by atoms with Crippen molar-refractivity contribution in [3.63, 3.8) is 0 Å². The van der Waals surface area contributed by atoms with Gasteiger partial charge in [-0.05, 0) is 55.4 Å². The molecule has 3 heterocycles. The third kappa shape index (κ3) is 1.86. The highest BCUT2D eigenvalue weighted by atomic mass is 16.5. The second-order valence-corrected chi connectivity index (χ2v) is 8.70. The maximum absolute atomic E-state index is 12.3. The van der Waals surface area contributed by atoms with Gasteiger partial charge in [-0.1, -0.05) is 13.3 Å². The van der Waals surface area contributed by atoms with Gasteiger partial charge in [0.25, 0.3) is 0 Å². The smallest absolute Gasteiger partial charge is 0.309 e. The number of hydrogen-bond acceptors (Lipinski definition) is 4. The molecule has 4 fully saturated rings. The fourth-order valence-corrected chi connectivity index (χ4v) is 6.61. The van der Waals surface area contributed by atoms with Crippen molar-refractivity contribution in [1.82, 2.24) is 0 Å². The van der Waals surface area contributed by atoms with Gasteiger partial charge in [0.05, 0.1) is 37.8 Å². The topological polar surface area (TPSA) is 48.7 Å². The zero-order valence-electron chi connectivity index (χ0n) is 14.3. The molecule has 4 heteroatoms. The highest BCUT2D eigenvalue weighted by molar-refractivity contribution is 5.76. The molecule has 1 aromatic rings. The van der Waals surface area contributed by atoms with Gasteiger partial charge in [-0.3, -0.25) is 4.79 Å². The average Bonchev–Trinajstić information content (AvgIpc) is 3.22. The average molecular weight is 330 g/mol. The summed E-state index contributed by atoms with van der Waals surface area (Å²) in [5.74, 6) is 1.39. The van der Waals surface area contributed by atoms with E-state index in [-0.39, 0.29) is 28.8 Å². The van der Waals surface area contributed by atoms with E-state index in [4.69, 9.17) is 13.9 Å². The van der Waals surface area contributed by atoms with E-state index in [1.54, 1.807) is 6.26 Å². The lowest BCUT2D eigenvalue weighted by Gasteiger charge is -2.61. The van der Waals surface area contributed by atoms with Crippen LogP contribution in [0.4, 0.5) is 0 Å². The number of fused-ring (bicyclic) bond motifs is 2. The van der Waals surface area contributed by atoms with Gasteiger partial charge < -0.3 is 13.9 Å². The minimum atomic E-state index is 0.0696. The molecule has 1 aromatic heterocycles. The standard InChI is InChI=1S/C20H26O4/c1-19-9-16(13-6-8-22-10-13)23-11-14(19)5-7-20-12-24-18(21)15(20)3-2-4-17(19)20/h6,8,10,14-17H,2-5,7,9,11-12H2,1H3/t14-,15-,16+,17+,19-,20+/m0/s1. The van der Waals surface area contributed by atoms with Crippen molar-refractivity contribution in [2.45, 2.75) is 51.6 Å². The Labute approximate surface area is 142 Å². The molecule has 2 saturated carbocycles. The summed E-state index contributed by atoms with van der Waals surface area (Å²) in [6.45, 7) is 3.95. The highest BCUT2D eigenvalue weighted by Gasteiger charge is 2.65. The van der Waals surface area contributed by atoms with E-state index in [0.29, 0.717) is 18.4 Å². The third-order valence-electron chi connectivity index (χ3n) is 7.87. The van der Waals surface area contributed by atoms with Crippen LogP contribution in [0.5, 0.6) is 0 Å². The lowest BCUT2D eigenvalue weighted by Crippen LogP contribution is -2.57. The SMILES string of the molecule is C[C@]12C[C@H](c3ccoc3)OC[C@@H]1CC[C@@]13COC(=O)[C@@H]1CCC[C@H]23. The van der Waals surface area contributed by atoms with Crippen molar-refractivity contribution in [2.75, 3.05) is 13.2 Å². The predicted octanol–water partition coefficient (Wildman–Crippen LogP) is 4.12. The van der Waals surface area contributed by atoms with Crippen LogP contribution in [0, 0.1) is 28.6 Å². The number of carbonyl (C=O) groups is 1. The Kier molecular flexibility index (Phi) is 3.19. The largest absolute Gasteiger partial charge is 0.472 e. The number of carbonyl (C=O) groups excluding carboxylic acids is 1. The van der Waals surface area contributed by atoms with Gasteiger partial charge in [-0.2, -0.15) is 0 Å². The first kappa shape index (κ1) is 15.0. The summed E-state index contributed by atoms with van der Waals surface area (Å²) in [7, 11) is 0. The van der Waals surface area contributed by atoms with E-state index >= 15 is 0 Å². The molecular formula is C20H26O4. The maximum Gasteiger partial charge on any atom is 0.309 e. The van der Waals surface area contributed by atoms with Gasteiger partial charge in [-0.25, -0.2) is 0 Å². The van der Waals surface area contributed by atoms with E-state index < -0.39 is 0 Å². The number of cyclic esters (lactones) is 1. The molecule has 0 amide bonds. The first-order valence-corrected chi connectivity index (χ1v) is 9.44. The fraction of sp³-hybridized carbons (Fsp3) is 0.750. The van der Waals surface area contributed by atoms with Crippen LogP contribution in [0.2, 0.25) is 0 Å². The Balaban J connectivity index is 1.51. The zero-order valence-corrected chi connectivity index (χ0v) is 14.3. The molecule has 0 aromatic carbocycles. The van der Waals surface area contributed by atoms with Gasteiger partial charge in [0.1, 0.15) is 0 Å². The van der Waals surface area contributed by atoms with Crippen LogP contribution >= 0.6 is 0 Å². The summed E-state index contributed by atoms with van der Waals surface area (Å²) in [6.07, 6.45) is 10.4. The van der Waals surface area contributed by atoms with Crippen molar-refractivity contribution in [2.24, 2.45) is 28.6 Å². The Morgan fingerprint density at radius 2 is 2.17 bits per heavy atom. The Bertz CT molecular complexity index is 638. The van der Waals surface area contributed by atoms with Gasteiger partial charge >= 0.3 is 5.97 Å². The van der Waals surface area contributed by atoms with Crippen LogP contribution in [0.1, 0.15) is 57.1 Å². The molecule has 0 N–H and O–H groups in total. The van der Waals surface area contributed by atoms with Crippen LogP contribution in [-0.2, 0) is 14.3 Å². The molecule has 0 unspecified atom stereocenters. The van der Waals surface area contributed by atoms with Crippen molar-refractivity contribution < 1.29 is 18.7 Å². The number of esters is 1. The van der Waals surface area contributed by atoms with E-state index in [1.165, 1.54) is 6.42 Å². The van der Waals surface area contributed by atoms with Crippen LogP contribution < -0.4 is 0 Å². The van der Waals surface area contributed by atoms with E-state index in [2.05, 4.69) is 6.92 Å². The van der Waals surface area contributed by atoms with Crippen molar-refractivity contribution in [1.29, 1.82) is 0 Å². The lowest BCUT2D eigenvalue weighted by atomic mass is 9.44. The molecule has 130 valence electrons. The van der Waals surface area contributed by atoms with Crippen LogP contribution in [0.15, 0.2) is 23.0 Å². The monoisotopic (exact) mass is 330 g/mol. The summed E-state index contributed by atoms with van der Waals surface area (Å²) in [5, 5.41) is 0. The Morgan fingerprint density at radius 1 is 1.25 bits per heavy atom. The summed E-state index contributed by atoms with van der Waals surface area (Å²) in [4.78, 5) is 12.3. The van der Waals surface area contributed by atoms with Gasteiger partial charge in [-0.15, -0.1) is 0 Å². The van der Waals surface area contributed by atoms with E-state index in [0.717, 1.165) is 44.3 Å². The molecule has 4 aliphatic rings. The normalized spacial score (nSPS) is 47.5. The van der Waals surface area contributed by atoms with Crippen molar-refractivity contribution >= 4 is 5.97 Å². The van der Waals surface area contributed by atoms with Crippen molar-refractivity contribution in [3.05, 3.63) is 24.2 Å². The number of hydrogen-bond donors (Lipinski definition) is 0. The maximum atomic E-state index is 12.3. The van der Waals surface area contributed by atoms with Gasteiger partial charge in [0, 0.05) is 11.0 Å². The Morgan fingerprint density at radius 3 is 3.00 bits per heavy atom. The van der Waals surface area contributed by atoms with E-state index in [1.807, 2.05) is 12.3 Å². The quantitative estimate of drug-likeness (QED) is 0.727.